The lowest BCUT2D eigenvalue weighted by atomic mass is 10.3. The summed E-state index contributed by atoms with van der Waals surface area (Å²) in [6, 6.07) is 1.51. The third kappa shape index (κ3) is 3.28. The van der Waals surface area contributed by atoms with Gasteiger partial charge < -0.3 is 14.5 Å². The Labute approximate surface area is 107 Å². The van der Waals surface area contributed by atoms with Crippen molar-refractivity contribution in [1.82, 2.24) is 15.5 Å². The number of carbonyl (C=O) groups is 1. The Morgan fingerprint density at radius 3 is 3.17 bits per heavy atom. The first-order valence-corrected chi connectivity index (χ1v) is 6.13. The smallest absolute Gasteiger partial charge is 0.324 e. The van der Waals surface area contributed by atoms with Gasteiger partial charge in [-0.1, -0.05) is 5.10 Å². The average Bonchev–Trinajstić information content (AvgIpc) is 2.98. The summed E-state index contributed by atoms with van der Waals surface area (Å²) >= 11 is 1.53. The maximum Gasteiger partial charge on any atom is 0.324 e. The van der Waals surface area contributed by atoms with Crippen LogP contribution in [0.5, 0.6) is 0 Å². The molecule has 2 heterocycles. The van der Waals surface area contributed by atoms with E-state index in [0.29, 0.717) is 19.0 Å². The van der Waals surface area contributed by atoms with Gasteiger partial charge in [0, 0.05) is 24.6 Å². The van der Waals surface area contributed by atoms with E-state index in [2.05, 4.69) is 20.8 Å². The average molecular weight is 268 g/mol. The van der Waals surface area contributed by atoms with Crippen molar-refractivity contribution in [2.24, 2.45) is 0 Å². The summed E-state index contributed by atoms with van der Waals surface area (Å²) in [7, 11) is 1.56. The molecule has 0 aliphatic rings. The standard InChI is InChI=1S/C10H12N4O3S/c1-16-4-3-11-9(15)12-10-14-13-8(17-10)7-2-5-18-6-7/h2,5-6H,3-4H2,1H3,(H2,11,12,14,15). The van der Waals surface area contributed by atoms with Crippen LogP contribution in [0.2, 0.25) is 0 Å². The molecule has 2 N–H and O–H groups in total. The number of hydrogen-bond donors (Lipinski definition) is 2. The maximum absolute atomic E-state index is 11.4. The molecule has 18 heavy (non-hydrogen) atoms. The van der Waals surface area contributed by atoms with E-state index >= 15 is 0 Å². The number of rotatable bonds is 5. The van der Waals surface area contributed by atoms with Crippen LogP contribution in [0.3, 0.4) is 0 Å². The van der Waals surface area contributed by atoms with Crippen molar-refractivity contribution >= 4 is 23.4 Å². The number of urea groups is 1. The van der Waals surface area contributed by atoms with E-state index in [-0.39, 0.29) is 6.01 Å². The van der Waals surface area contributed by atoms with Crippen LogP contribution in [-0.2, 0) is 4.74 Å². The molecular weight excluding hydrogens is 256 g/mol. The quantitative estimate of drug-likeness (QED) is 0.803. The van der Waals surface area contributed by atoms with Gasteiger partial charge in [0.1, 0.15) is 0 Å². The van der Waals surface area contributed by atoms with Gasteiger partial charge in [-0.05, 0) is 11.4 Å². The van der Waals surface area contributed by atoms with Gasteiger partial charge in [-0.15, -0.1) is 5.10 Å². The Hall–Kier alpha value is -1.93. The van der Waals surface area contributed by atoms with Crippen molar-refractivity contribution < 1.29 is 13.9 Å². The zero-order valence-corrected chi connectivity index (χ0v) is 10.5. The van der Waals surface area contributed by atoms with Gasteiger partial charge in [-0.25, -0.2) is 4.79 Å². The van der Waals surface area contributed by atoms with Crippen LogP contribution in [0.15, 0.2) is 21.2 Å². The monoisotopic (exact) mass is 268 g/mol. The molecular formula is C10H12N4O3S. The fourth-order valence-corrected chi connectivity index (χ4v) is 1.81. The van der Waals surface area contributed by atoms with Crippen molar-refractivity contribution in [3.05, 3.63) is 16.8 Å². The van der Waals surface area contributed by atoms with Crippen molar-refractivity contribution in [2.75, 3.05) is 25.6 Å². The fourth-order valence-electron chi connectivity index (χ4n) is 1.18. The molecule has 96 valence electrons. The Kier molecular flexibility index (Phi) is 4.26. The highest BCUT2D eigenvalue weighted by Crippen LogP contribution is 2.21. The maximum atomic E-state index is 11.4. The molecule has 2 aromatic rings. The number of thiophene rings is 1. The zero-order chi connectivity index (χ0) is 12.8. The number of nitrogens with zero attached hydrogens (tertiary/aromatic N) is 2. The van der Waals surface area contributed by atoms with Crippen molar-refractivity contribution in [1.29, 1.82) is 0 Å². The van der Waals surface area contributed by atoms with Crippen LogP contribution in [0, 0.1) is 0 Å². The molecule has 0 unspecified atom stereocenters. The molecule has 0 aromatic carbocycles. The van der Waals surface area contributed by atoms with Crippen LogP contribution < -0.4 is 10.6 Å². The molecule has 0 saturated carbocycles. The second-order valence-corrected chi connectivity index (χ2v) is 4.08. The molecule has 2 rings (SSSR count). The summed E-state index contributed by atoms with van der Waals surface area (Å²) in [5.74, 6) is 0.378. The molecule has 0 fully saturated rings. The van der Waals surface area contributed by atoms with E-state index in [1.165, 1.54) is 11.3 Å². The lowest BCUT2D eigenvalue weighted by Crippen LogP contribution is -2.31. The van der Waals surface area contributed by atoms with E-state index in [1.807, 2.05) is 16.8 Å². The van der Waals surface area contributed by atoms with Crippen molar-refractivity contribution in [3.63, 3.8) is 0 Å². The molecule has 0 radical (unpaired) electrons. The van der Waals surface area contributed by atoms with Gasteiger partial charge in [-0.3, -0.25) is 5.32 Å². The number of nitrogens with one attached hydrogen (secondary N) is 2. The SMILES string of the molecule is COCCNC(=O)Nc1nnc(-c2ccsc2)o1. The molecule has 0 aliphatic carbocycles. The third-order valence-corrected chi connectivity index (χ3v) is 2.69. The van der Waals surface area contributed by atoms with Gasteiger partial charge in [0.25, 0.3) is 5.89 Å². The summed E-state index contributed by atoms with van der Waals surface area (Å²) in [5.41, 5.74) is 0.834. The minimum Gasteiger partial charge on any atom is -0.403 e. The van der Waals surface area contributed by atoms with Gasteiger partial charge in [0.05, 0.1) is 6.61 Å². The normalized spacial score (nSPS) is 10.3. The zero-order valence-electron chi connectivity index (χ0n) is 9.67. The summed E-state index contributed by atoms with van der Waals surface area (Å²) in [5, 5.41) is 16.4. The van der Waals surface area contributed by atoms with Crippen LogP contribution in [0.1, 0.15) is 0 Å². The van der Waals surface area contributed by atoms with Gasteiger partial charge in [-0.2, -0.15) is 11.3 Å². The first-order chi connectivity index (χ1) is 8.79. The number of anilines is 1. The van der Waals surface area contributed by atoms with Gasteiger partial charge in [0.15, 0.2) is 0 Å². The van der Waals surface area contributed by atoms with Crippen molar-refractivity contribution in [2.45, 2.75) is 0 Å². The third-order valence-electron chi connectivity index (χ3n) is 2.01. The highest BCUT2D eigenvalue weighted by molar-refractivity contribution is 7.08. The van der Waals surface area contributed by atoms with Crippen molar-refractivity contribution in [3.8, 4) is 11.5 Å². The molecule has 0 spiro atoms. The van der Waals surface area contributed by atoms with E-state index in [4.69, 9.17) is 9.15 Å². The second kappa shape index (κ2) is 6.12. The number of amides is 2. The minimum absolute atomic E-state index is 0.0612. The number of methoxy groups -OCH3 is 1. The Morgan fingerprint density at radius 2 is 2.44 bits per heavy atom. The highest BCUT2D eigenvalue weighted by atomic mass is 32.1. The summed E-state index contributed by atoms with van der Waals surface area (Å²) in [6.45, 7) is 0.852. The minimum atomic E-state index is -0.410. The van der Waals surface area contributed by atoms with E-state index in [0.717, 1.165) is 5.56 Å². The molecule has 8 heteroatoms. The van der Waals surface area contributed by atoms with E-state index < -0.39 is 6.03 Å². The Bertz CT molecular complexity index is 497. The largest absolute Gasteiger partial charge is 0.403 e. The van der Waals surface area contributed by atoms with Crippen LogP contribution in [-0.4, -0.2) is 36.5 Å². The predicted molar refractivity (Wildman–Crippen MR) is 66.5 cm³/mol. The summed E-state index contributed by atoms with van der Waals surface area (Å²) in [4.78, 5) is 11.4. The highest BCUT2D eigenvalue weighted by Gasteiger charge is 2.10. The Balaban J connectivity index is 1.89. The lowest BCUT2D eigenvalue weighted by molar-refractivity contribution is 0.198. The van der Waals surface area contributed by atoms with Gasteiger partial charge in [0.2, 0.25) is 0 Å². The molecule has 0 saturated heterocycles. The molecule has 2 aromatic heterocycles. The predicted octanol–water partition coefficient (Wildman–Crippen LogP) is 1.57. The molecule has 2 amide bonds. The molecule has 0 atom stereocenters. The summed E-state index contributed by atoms with van der Waals surface area (Å²) < 4.78 is 10.1. The number of carbonyl (C=O) groups excluding carboxylic acids is 1. The van der Waals surface area contributed by atoms with E-state index in [1.54, 1.807) is 7.11 Å². The fraction of sp³-hybridized carbons (Fsp3) is 0.300. The molecule has 7 nitrogen and oxygen atoms in total. The Morgan fingerprint density at radius 1 is 1.56 bits per heavy atom. The lowest BCUT2D eigenvalue weighted by Gasteiger charge is -2.02. The first-order valence-electron chi connectivity index (χ1n) is 5.19. The number of aromatic nitrogens is 2. The van der Waals surface area contributed by atoms with Crippen LogP contribution >= 0.6 is 11.3 Å². The topological polar surface area (TPSA) is 89.3 Å². The number of hydrogen-bond acceptors (Lipinski definition) is 6. The van der Waals surface area contributed by atoms with Gasteiger partial charge >= 0.3 is 12.0 Å². The first kappa shape index (κ1) is 12.5. The second-order valence-electron chi connectivity index (χ2n) is 3.30. The molecule has 0 aliphatic heterocycles. The number of ether oxygens (including phenoxy) is 1. The van der Waals surface area contributed by atoms with Crippen LogP contribution in [0.4, 0.5) is 10.8 Å². The van der Waals surface area contributed by atoms with E-state index in [9.17, 15) is 4.79 Å². The molecule has 0 bridgehead atoms. The summed E-state index contributed by atoms with van der Waals surface area (Å²) in [6.07, 6.45) is 0. The van der Waals surface area contributed by atoms with Crippen LogP contribution in [0.25, 0.3) is 11.5 Å².